The molecule has 3 aliphatic rings. The summed E-state index contributed by atoms with van der Waals surface area (Å²) < 4.78 is 5.13. The second-order valence-corrected chi connectivity index (χ2v) is 3.58. The molecule has 2 spiro atoms. The van der Waals surface area contributed by atoms with E-state index in [9.17, 15) is 4.79 Å². The number of ether oxygens (including phenoxy) is 1. The average molecular weight is 148 g/mol. The fourth-order valence-corrected chi connectivity index (χ4v) is 2.16. The zero-order valence-corrected chi connectivity index (χ0v) is 6.04. The van der Waals surface area contributed by atoms with Gasteiger partial charge in [0.2, 0.25) is 0 Å². The Kier molecular flexibility index (Phi) is 0.654. The van der Waals surface area contributed by atoms with E-state index < -0.39 is 0 Å². The molecule has 2 nitrogen and oxygen atoms in total. The average Bonchev–Trinajstić information content (AvgIpc) is 2.37. The molecule has 3 rings (SSSR count). The Hall–Kier alpha value is -1.05. The first-order chi connectivity index (χ1) is 5.27. The highest BCUT2D eigenvalue weighted by atomic mass is 16.6. The van der Waals surface area contributed by atoms with Crippen LogP contribution >= 0.6 is 0 Å². The van der Waals surface area contributed by atoms with Crippen LogP contribution in [0.1, 0.15) is 12.8 Å². The van der Waals surface area contributed by atoms with Gasteiger partial charge in [-0.25, -0.2) is 0 Å². The maximum Gasteiger partial charge on any atom is 0.310 e. The molecule has 1 aliphatic heterocycles. The van der Waals surface area contributed by atoms with Crippen LogP contribution in [0, 0.1) is 5.41 Å². The van der Waals surface area contributed by atoms with Crippen LogP contribution in [0.2, 0.25) is 0 Å². The molecule has 1 saturated carbocycles. The van der Waals surface area contributed by atoms with Crippen LogP contribution in [0.4, 0.5) is 0 Å². The van der Waals surface area contributed by atoms with Gasteiger partial charge in [-0.1, -0.05) is 24.3 Å². The van der Waals surface area contributed by atoms with Gasteiger partial charge in [0.25, 0.3) is 0 Å². The lowest BCUT2D eigenvalue weighted by atomic mass is 9.98. The topological polar surface area (TPSA) is 26.3 Å². The van der Waals surface area contributed by atoms with Gasteiger partial charge in [0.05, 0.1) is 11.8 Å². The molecule has 11 heavy (non-hydrogen) atoms. The zero-order chi connectivity index (χ0) is 7.53. The number of carbonyl (C=O) groups excluding carboxylic acids is 1. The Bertz CT molecular complexity index is 279. The second-order valence-electron chi connectivity index (χ2n) is 3.58. The Balaban J connectivity index is 1.93. The predicted molar refractivity (Wildman–Crippen MR) is 38.8 cm³/mol. The molecule has 2 fully saturated rings. The van der Waals surface area contributed by atoms with Gasteiger partial charge in [0.1, 0.15) is 5.60 Å². The van der Waals surface area contributed by atoms with Crippen molar-refractivity contribution < 1.29 is 9.53 Å². The summed E-state index contributed by atoms with van der Waals surface area (Å²) in [5.74, 6) is -0.0458. The first-order valence-electron chi connectivity index (χ1n) is 3.85. The molecule has 0 radical (unpaired) electrons. The summed E-state index contributed by atoms with van der Waals surface area (Å²) in [6.45, 7) is 0. The van der Waals surface area contributed by atoms with Gasteiger partial charge < -0.3 is 4.74 Å². The summed E-state index contributed by atoms with van der Waals surface area (Å²) >= 11 is 0. The van der Waals surface area contributed by atoms with Gasteiger partial charge in [-0.05, 0) is 0 Å². The fraction of sp³-hybridized carbons (Fsp3) is 0.444. The Morgan fingerprint density at radius 1 is 1.36 bits per heavy atom. The van der Waals surface area contributed by atoms with Crippen molar-refractivity contribution in [3.63, 3.8) is 0 Å². The SMILES string of the molecule is O=C1CC2(CC23C=CC=C3)O1. The molecule has 0 aromatic carbocycles. The Labute approximate surface area is 64.5 Å². The number of esters is 1. The third-order valence-corrected chi connectivity index (χ3v) is 2.94. The summed E-state index contributed by atoms with van der Waals surface area (Å²) in [7, 11) is 0. The monoisotopic (exact) mass is 148 g/mol. The number of fused-ring (bicyclic) bond motifs is 1. The van der Waals surface area contributed by atoms with Crippen LogP contribution in [0.5, 0.6) is 0 Å². The lowest BCUT2D eigenvalue weighted by Crippen LogP contribution is -2.39. The van der Waals surface area contributed by atoms with Crippen LogP contribution in [0.3, 0.4) is 0 Å². The van der Waals surface area contributed by atoms with Crippen molar-refractivity contribution in [1.29, 1.82) is 0 Å². The van der Waals surface area contributed by atoms with Crippen LogP contribution in [-0.4, -0.2) is 11.6 Å². The molecule has 1 heterocycles. The van der Waals surface area contributed by atoms with Crippen molar-refractivity contribution in [2.75, 3.05) is 0 Å². The summed E-state index contributed by atoms with van der Waals surface area (Å²) in [5, 5.41) is 0. The summed E-state index contributed by atoms with van der Waals surface area (Å²) in [6, 6.07) is 0. The van der Waals surface area contributed by atoms with Gasteiger partial charge >= 0.3 is 5.97 Å². The smallest absolute Gasteiger partial charge is 0.310 e. The van der Waals surface area contributed by atoms with E-state index in [-0.39, 0.29) is 17.0 Å². The minimum absolute atomic E-state index is 0.0458. The predicted octanol–water partition coefficient (Wildman–Crippen LogP) is 1.19. The van der Waals surface area contributed by atoms with Gasteiger partial charge in [0.15, 0.2) is 0 Å². The van der Waals surface area contributed by atoms with E-state index in [0.717, 1.165) is 6.42 Å². The quantitative estimate of drug-likeness (QED) is 0.482. The van der Waals surface area contributed by atoms with E-state index in [1.165, 1.54) is 0 Å². The molecular weight excluding hydrogens is 140 g/mol. The second kappa shape index (κ2) is 1.29. The van der Waals surface area contributed by atoms with Crippen molar-refractivity contribution in [3.05, 3.63) is 24.3 Å². The molecule has 2 heteroatoms. The number of carbonyl (C=O) groups is 1. The van der Waals surface area contributed by atoms with Crippen LogP contribution in [-0.2, 0) is 9.53 Å². The molecular formula is C9H8O2. The standard InChI is InChI=1S/C9H8O2/c10-7-5-9(11-7)6-8(9)3-1-2-4-8/h1-4H,5-6H2. The molecule has 1 saturated heterocycles. The number of rotatable bonds is 0. The normalized spacial score (nSPS) is 41.3. The molecule has 0 aromatic rings. The van der Waals surface area contributed by atoms with E-state index in [1.54, 1.807) is 0 Å². The Morgan fingerprint density at radius 3 is 2.55 bits per heavy atom. The van der Waals surface area contributed by atoms with Crippen molar-refractivity contribution in [1.82, 2.24) is 0 Å². The van der Waals surface area contributed by atoms with E-state index in [2.05, 4.69) is 12.2 Å². The summed E-state index contributed by atoms with van der Waals surface area (Å²) in [6.07, 6.45) is 9.95. The Morgan fingerprint density at radius 2 is 2.00 bits per heavy atom. The zero-order valence-electron chi connectivity index (χ0n) is 6.04. The lowest BCUT2D eigenvalue weighted by Gasteiger charge is -2.29. The minimum Gasteiger partial charge on any atom is -0.457 e. The first kappa shape index (κ1) is 5.58. The minimum atomic E-state index is -0.104. The summed E-state index contributed by atoms with van der Waals surface area (Å²) in [4.78, 5) is 10.6. The van der Waals surface area contributed by atoms with E-state index in [0.29, 0.717) is 6.42 Å². The van der Waals surface area contributed by atoms with Crippen LogP contribution < -0.4 is 0 Å². The highest BCUT2D eigenvalue weighted by Gasteiger charge is 2.74. The molecule has 0 amide bonds. The molecule has 1 unspecified atom stereocenters. The fourth-order valence-electron chi connectivity index (χ4n) is 2.16. The highest BCUT2D eigenvalue weighted by molar-refractivity contribution is 5.80. The molecule has 0 N–H and O–H groups in total. The molecule has 1 atom stereocenters. The molecule has 56 valence electrons. The van der Waals surface area contributed by atoms with Crippen LogP contribution in [0.25, 0.3) is 0 Å². The third kappa shape index (κ3) is 0.451. The molecule has 0 bridgehead atoms. The number of hydrogen-bond acceptors (Lipinski definition) is 2. The highest BCUT2D eigenvalue weighted by Crippen LogP contribution is 2.68. The van der Waals surface area contributed by atoms with Crippen LogP contribution in [0.15, 0.2) is 24.3 Å². The first-order valence-corrected chi connectivity index (χ1v) is 3.85. The van der Waals surface area contributed by atoms with Gasteiger partial charge in [-0.15, -0.1) is 0 Å². The third-order valence-electron chi connectivity index (χ3n) is 2.94. The van der Waals surface area contributed by atoms with Crippen molar-refractivity contribution in [2.45, 2.75) is 18.4 Å². The summed E-state index contributed by atoms with van der Waals surface area (Å²) in [5.41, 5.74) is 0.00843. The van der Waals surface area contributed by atoms with E-state index in [4.69, 9.17) is 4.74 Å². The van der Waals surface area contributed by atoms with E-state index in [1.807, 2.05) is 12.2 Å². The van der Waals surface area contributed by atoms with Crippen molar-refractivity contribution in [2.24, 2.45) is 5.41 Å². The van der Waals surface area contributed by atoms with Crippen molar-refractivity contribution >= 4 is 5.97 Å². The maximum atomic E-state index is 10.6. The van der Waals surface area contributed by atoms with Gasteiger partial charge in [-0.3, -0.25) is 4.79 Å². The maximum absolute atomic E-state index is 10.6. The number of hydrogen-bond donors (Lipinski definition) is 0. The van der Waals surface area contributed by atoms with Crippen molar-refractivity contribution in [3.8, 4) is 0 Å². The largest absolute Gasteiger partial charge is 0.457 e. The lowest BCUT2D eigenvalue weighted by molar-refractivity contribution is -0.176. The van der Waals surface area contributed by atoms with Gasteiger partial charge in [0, 0.05) is 6.42 Å². The molecule has 2 aliphatic carbocycles. The number of allylic oxidation sites excluding steroid dienone is 2. The van der Waals surface area contributed by atoms with E-state index >= 15 is 0 Å². The molecule has 0 aromatic heterocycles. The van der Waals surface area contributed by atoms with Gasteiger partial charge in [-0.2, -0.15) is 0 Å².